The number of alkyl halides is 3. The van der Waals surface area contributed by atoms with E-state index >= 15 is 0 Å². The molecule has 1 fully saturated rings. The Kier molecular flexibility index (Phi) is 5.05. The molecule has 0 unspecified atom stereocenters. The molecule has 1 aliphatic rings. The second-order valence-corrected chi connectivity index (χ2v) is 5.66. The molecular weight excluding hydrogens is 297 g/mol. The van der Waals surface area contributed by atoms with Crippen LogP contribution in [-0.2, 0) is 0 Å². The van der Waals surface area contributed by atoms with Gasteiger partial charge in [-0.05, 0) is 20.3 Å². The second-order valence-electron chi connectivity index (χ2n) is 5.66. The molecule has 2 rings (SSSR count). The fraction of sp³-hybridized carbons (Fsp3) is 0.600. The number of benzene rings is 1. The summed E-state index contributed by atoms with van der Waals surface area (Å²) in [5, 5.41) is 3.26. The lowest BCUT2D eigenvalue weighted by atomic mass is 10.2. The molecule has 124 valence electrons. The van der Waals surface area contributed by atoms with Gasteiger partial charge in [0.05, 0.1) is 7.11 Å². The molecule has 1 aromatic carbocycles. The van der Waals surface area contributed by atoms with Crippen molar-refractivity contribution in [3.05, 3.63) is 18.2 Å². The maximum absolute atomic E-state index is 12.4. The van der Waals surface area contributed by atoms with Crippen LogP contribution >= 0.6 is 0 Å². The maximum Gasteiger partial charge on any atom is 0.573 e. The van der Waals surface area contributed by atoms with E-state index in [2.05, 4.69) is 28.8 Å². The Bertz CT molecular complexity index is 506. The monoisotopic (exact) mass is 318 g/mol. The Morgan fingerprint density at radius 1 is 1.23 bits per heavy atom. The highest BCUT2D eigenvalue weighted by molar-refractivity contribution is 5.54. The molecule has 4 nitrogen and oxygen atoms in total. The number of ether oxygens (including phenoxy) is 2. The second kappa shape index (κ2) is 6.64. The number of hydrogen-bond donors (Lipinski definition) is 1. The lowest BCUT2D eigenvalue weighted by Gasteiger charge is -2.21. The number of nitrogens with one attached hydrogen (secondary N) is 1. The fourth-order valence-corrected chi connectivity index (χ4v) is 2.58. The summed E-state index contributed by atoms with van der Waals surface area (Å²) >= 11 is 0. The first kappa shape index (κ1) is 16.7. The molecule has 22 heavy (non-hydrogen) atoms. The minimum Gasteiger partial charge on any atom is -0.497 e. The predicted octanol–water partition coefficient (Wildman–Crippen LogP) is 3.49. The van der Waals surface area contributed by atoms with Gasteiger partial charge >= 0.3 is 6.36 Å². The van der Waals surface area contributed by atoms with Crippen LogP contribution in [0, 0.1) is 0 Å². The average molecular weight is 318 g/mol. The van der Waals surface area contributed by atoms with E-state index in [0.717, 1.165) is 19.5 Å². The topological polar surface area (TPSA) is 33.7 Å². The van der Waals surface area contributed by atoms with E-state index in [1.807, 2.05) is 0 Å². The van der Waals surface area contributed by atoms with E-state index < -0.39 is 6.36 Å². The molecule has 0 spiro atoms. The van der Waals surface area contributed by atoms with Crippen LogP contribution in [0.5, 0.6) is 11.5 Å². The highest BCUT2D eigenvalue weighted by atomic mass is 19.4. The third kappa shape index (κ3) is 4.69. The van der Waals surface area contributed by atoms with Gasteiger partial charge in [0.2, 0.25) is 0 Å². The van der Waals surface area contributed by atoms with E-state index in [1.165, 1.54) is 19.2 Å². The minimum atomic E-state index is -4.72. The van der Waals surface area contributed by atoms with Crippen LogP contribution in [0.3, 0.4) is 0 Å². The Hall–Kier alpha value is -1.63. The molecule has 0 aromatic heterocycles. The van der Waals surface area contributed by atoms with Crippen LogP contribution in [0.1, 0.15) is 20.3 Å². The average Bonchev–Trinajstić information content (AvgIpc) is 2.85. The molecule has 1 aromatic rings. The van der Waals surface area contributed by atoms with Gasteiger partial charge in [0.1, 0.15) is 11.5 Å². The van der Waals surface area contributed by atoms with Gasteiger partial charge < -0.3 is 14.8 Å². The lowest BCUT2D eigenvalue weighted by molar-refractivity contribution is -0.274. The SMILES string of the molecule is COc1cc(N[C@@H]2CCN(C(C)C)C2)cc(OC(F)(F)F)c1. The first-order chi connectivity index (χ1) is 10.3. The molecule has 0 amide bonds. The smallest absolute Gasteiger partial charge is 0.497 e. The van der Waals surface area contributed by atoms with Crippen molar-refractivity contribution in [2.24, 2.45) is 0 Å². The van der Waals surface area contributed by atoms with Crippen molar-refractivity contribution in [3.63, 3.8) is 0 Å². The van der Waals surface area contributed by atoms with E-state index in [-0.39, 0.29) is 11.8 Å². The van der Waals surface area contributed by atoms with Crippen molar-refractivity contribution in [1.82, 2.24) is 4.90 Å². The van der Waals surface area contributed by atoms with Crippen molar-refractivity contribution in [3.8, 4) is 11.5 Å². The summed E-state index contributed by atoms with van der Waals surface area (Å²) in [4.78, 5) is 2.32. The van der Waals surface area contributed by atoms with Gasteiger partial charge in [0.15, 0.2) is 0 Å². The van der Waals surface area contributed by atoms with Crippen molar-refractivity contribution >= 4 is 5.69 Å². The van der Waals surface area contributed by atoms with Crippen molar-refractivity contribution < 1.29 is 22.6 Å². The summed E-state index contributed by atoms with van der Waals surface area (Å²) < 4.78 is 46.1. The number of methoxy groups -OCH3 is 1. The summed E-state index contributed by atoms with van der Waals surface area (Å²) in [6.07, 6.45) is -3.77. The largest absolute Gasteiger partial charge is 0.573 e. The molecule has 0 radical (unpaired) electrons. The molecular formula is C15H21F3N2O2. The van der Waals surface area contributed by atoms with Crippen LogP contribution in [0.25, 0.3) is 0 Å². The third-order valence-corrected chi connectivity index (χ3v) is 3.67. The van der Waals surface area contributed by atoms with Gasteiger partial charge in [0, 0.05) is 49.1 Å². The van der Waals surface area contributed by atoms with Crippen molar-refractivity contribution in [1.29, 1.82) is 0 Å². The third-order valence-electron chi connectivity index (χ3n) is 3.67. The van der Waals surface area contributed by atoms with Crippen molar-refractivity contribution in [2.45, 2.75) is 38.7 Å². The van der Waals surface area contributed by atoms with Gasteiger partial charge in [-0.1, -0.05) is 0 Å². The molecule has 0 saturated carbocycles. The molecule has 1 heterocycles. The van der Waals surface area contributed by atoms with E-state index in [9.17, 15) is 13.2 Å². The predicted molar refractivity (Wildman–Crippen MR) is 78.4 cm³/mol. The van der Waals surface area contributed by atoms with Gasteiger partial charge in [-0.15, -0.1) is 13.2 Å². The Balaban J connectivity index is 2.08. The fourth-order valence-electron chi connectivity index (χ4n) is 2.58. The molecule has 1 aliphatic heterocycles. The van der Waals surface area contributed by atoms with Gasteiger partial charge in [-0.2, -0.15) is 0 Å². The number of halogens is 3. The zero-order chi connectivity index (χ0) is 16.3. The Labute approximate surface area is 128 Å². The van der Waals surface area contributed by atoms with E-state index in [1.54, 1.807) is 6.07 Å². The van der Waals surface area contributed by atoms with Crippen molar-refractivity contribution in [2.75, 3.05) is 25.5 Å². The normalized spacial score (nSPS) is 19.5. The number of anilines is 1. The summed E-state index contributed by atoms with van der Waals surface area (Å²) in [6.45, 7) is 6.10. The summed E-state index contributed by atoms with van der Waals surface area (Å²) in [5.74, 6) is 0.0380. The van der Waals surface area contributed by atoms with Crippen LogP contribution in [0.4, 0.5) is 18.9 Å². The van der Waals surface area contributed by atoms with Crippen LogP contribution in [0.2, 0.25) is 0 Å². The first-order valence-corrected chi connectivity index (χ1v) is 7.22. The Morgan fingerprint density at radius 2 is 1.91 bits per heavy atom. The van der Waals surface area contributed by atoms with Gasteiger partial charge in [-0.25, -0.2) is 0 Å². The van der Waals surface area contributed by atoms with Crippen LogP contribution in [-0.4, -0.2) is 43.5 Å². The van der Waals surface area contributed by atoms with E-state index in [0.29, 0.717) is 17.5 Å². The summed E-state index contributed by atoms with van der Waals surface area (Å²) in [7, 11) is 1.41. The summed E-state index contributed by atoms with van der Waals surface area (Å²) in [5.41, 5.74) is 0.564. The molecule has 1 saturated heterocycles. The van der Waals surface area contributed by atoms with Crippen LogP contribution in [0.15, 0.2) is 18.2 Å². The standard InChI is InChI=1S/C15H21F3N2O2/c1-10(2)20-5-4-11(9-20)19-12-6-13(21-3)8-14(7-12)22-15(16,17)18/h6-8,10-11,19H,4-5,9H2,1-3H3/t11-/m1/s1. The molecule has 7 heteroatoms. The molecule has 0 bridgehead atoms. The van der Waals surface area contributed by atoms with Crippen LogP contribution < -0.4 is 14.8 Å². The molecule has 1 atom stereocenters. The number of rotatable bonds is 5. The lowest BCUT2D eigenvalue weighted by Crippen LogP contribution is -2.31. The highest BCUT2D eigenvalue weighted by Gasteiger charge is 2.31. The number of likely N-dealkylation sites (tertiary alicyclic amines) is 1. The van der Waals surface area contributed by atoms with Gasteiger partial charge in [0.25, 0.3) is 0 Å². The van der Waals surface area contributed by atoms with Gasteiger partial charge in [-0.3, -0.25) is 4.90 Å². The summed E-state index contributed by atoms with van der Waals surface area (Å²) in [6, 6.07) is 4.89. The molecule has 1 N–H and O–H groups in total. The number of nitrogens with zero attached hydrogens (tertiary/aromatic N) is 1. The Morgan fingerprint density at radius 3 is 2.45 bits per heavy atom. The van der Waals surface area contributed by atoms with E-state index in [4.69, 9.17) is 4.74 Å². The molecule has 0 aliphatic carbocycles. The zero-order valence-electron chi connectivity index (χ0n) is 12.9. The number of hydrogen-bond acceptors (Lipinski definition) is 4. The zero-order valence-corrected chi connectivity index (χ0v) is 12.9. The quantitative estimate of drug-likeness (QED) is 0.901. The highest BCUT2D eigenvalue weighted by Crippen LogP contribution is 2.31. The minimum absolute atomic E-state index is 0.202. The maximum atomic E-state index is 12.4. The first-order valence-electron chi connectivity index (χ1n) is 7.22.